The van der Waals surface area contributed by atoms with Crippen molar-refractivity contribution in [2.45, 2.75) is 6.92 Å². The fourth-order valence-electron chi connectivity index (χ4n) is 0. The minimum Gasteiger partial charge on any atom is -0.305 e. The molecule has 6 heteroatoms. The molecule has 0 unspecified atom stereocenters. The Hall–Kier alpha value is -0.170. The van der Waals surface area contributed by atoms with E-state index in [1.807, 2.05) is 6.92 Å². The summed E-state index contributed by atoms with van der Waals surface area (Å²) >= 11 is 0. The molecule has 0 aliphatic carbocycles. The second-order valence-corrected chi connectivity index (χ2v) is 2.65. The molecule has 0 aliphatic heterocycles. The molecular weight excluding hydrogens is 146 g/mol. The molecule has 0 rings (SSSR count). The fraction of sp³-hybridized carbons (Fsp3) is 1.00. The van der Waals surface area contributed by atoms with Crippen LogP contribution in [0.4, 0.5) is 0 Å². The van der Waals surface area contributed by atoms with Crippen molar-refractivity contribution in [3.63, 3.8) is 0 Å². The molecule has 0 bridgehead atoms. The first kappa shape index (κ1) is 11.6. The smallest absolute Gasteiger partial charge is 0.261 e. The molecule has 0 radical (unpaired) electrons. The molecule has 0 amide bonds. The maximum Gasteiger partial charge on any atom is 0.261 e. The summed E-state index contributed by atoms with van der Waals surface area (Å²) in [5.41, 5.74) is 0. The van der Waals surface area contributed by atoms with E-state index < -0.39 is 10.1 Å². The molecule has 0 aliphatic rings. The number of hydrogen-bond donors (Lipinski definition) is 2. The van der Waals surface area contributed by atoms with E-state index in [4.69, 9.17) is 4.55 Å². The van der Waals surface area contributed by atoms with E-state index in [1.54, 1.807) is 0 Å². The summed E-state index contributed by atoms with van der Waals surface area (Å²) in [5.74, 6) is 4.53. The van der Waals surface area contributed by atoms with Crippen molar-refractivity contribution < 1.29 is 17.8 Å². The van der Waals surface area contributed by atoms with E-state index in [9.17, 15) is 8.42 Å². The Morgan fingerprint density at radius 3 is 1.78 bits per heavy atom. The summed E-state index contributed by atoms with van der Waals surface area (Å²) in [4.78, 5) is 4.04. The molecule has 0 aromatic carbocycles. The zero-order valence-corrected chi connectivity index (χ0v) is 6.18. The molecule has 0 saturated carbocycles. The zero-order valence-electron chi connectivity index (χ0n) is 5.36. The van der Waals surface area contributed by atoms with Crippen molar-refractivity contribution in [3.05, 3.63) is 0 Å². The molecule has 58 valence electrons. The van der Waals surface area contributed by atoms with Gasteiger partial charge in [-0.15, -0.1) is 0 Å². The zero-order chi connectivity index (χ0) is 7.91. The third kappa shape index (κ3) is 386. The molecule has 0 heterocycles. The molecule has 0 fully saturated rings. The Labute approximate surface area is 54.5 Å². The lowest BCUT2D eigenvalue weighted by Gasteiger charge is -1.76. The van der Waals surface area contributed by atoms with E-state index in [-0.39, 0.29) is 0 Å². The number of nitrogens with two attached hydrogens (primary N) is 1. The second kappa shape index (κ2) is 5.96. The van der Waals surface area contributed by atoms with Gasteiger partial charge in [-0.25, -0.2) is 5.90 Å². The van der Waals surface area contributed by atoms with Gasteiger partial charge < -0.3 is 4.84 Å². The average Bonchev–Trinajstić information content (AvgIpc) is 1.61. The lowest BCUT2D eigenvalue weighted by atomic mass is 10.9. The predicted molar refractivity (Wildman–Crippen MR) is 33.3 cm³/mol. The topological polar surface area (TPSA) is 89.6 Å². The molecule has 3 N–H and O–H groups in total. The van der Waals surface area contributed by atoms with Gasteiger partial charge in [0.05, 0.1) is 12.9 Å². The maximum atomic E-state index is 9.19. The molecule has 0 spiro atoms. The summed E-state index contributed by atoms with van der Waals surface area (Å²) in [6.07, 6.45) is 0.715. The first-order valence-electron chi connectivity index (χ1n) is 2.16. The van der Waals surface area contributed by atoms with Crippen LogP contribution in [0.25, 0.3) is 0 Å². The van der Waals surface area contributed by atoms with Gasteiger partial charge in [-0.05, 0) is 6.92 Å². The minimum absolute atomic E-state index is 0.597. The van der Waals surface area contributed by atoms with Crippen LogP contribution in [0.2, 0.25) is 0 Å². The van der Waals surface area contributed by atoms with E-state index in [0.29, 0.717) is 12.9 Å². The Bertz CT molecular complexity index is 119. The Balaban J connectivity index is 0. The lowest BCUT2D eigenvalue weighted by molar-refractivity contribution is 0.152. The van der Waals surface area contributed by atoms with Crippen LogP contribution in [-0.4, -0.2) is 25.8 Å². The maximum absolute atomic E-state index is 9.19. The largest absolute Gasteiger partial charge is 0.305 e. The van der Waals surface area contributed by atoms with Gasteiger partial charge in [0, 0.05) is 0 Å². The summed E-state index contributed by atoms with van der Waals surface area (Å²) in [6.45, 7) is 2.43. The van der Waals surface area contributed by atoms with Crippen molar-refractivity contribution in [2.75, 3.05) is 12.9 Å². The molecule has 9 heavy (non-hydrogen) atoms. The first-order chi connectivity index (χ1) is 3.91. The SMILES string of the molecule is CCON.CS(=O)(=O)O. The predicted octanol–water partition coefficient (Wildman–Crippen LogP) is -0.599. The Kier molecular flexibility index (Phi) is 7.68. The first-order valence-corrected chi connectivity index (χ1v) is 4.00. The number of hydrogen-bond acceptors (Lipinski definition) is 4. The highest BCUT2D eigenvalue weighted by Crippen LogP contribution is 1.60. The lowest BCUT2D eigenvalue weighted by Crippen LogP contribution is -1.94. The van der Waals surface area contributed by atoms with Gasteiger partial charge in [0.1, 0.15) is 0 Å². The Morgan fingerprint density at radius 1 is 1.67 bits per heavy atom. The highest BCUT2D eigenvalue weighted by atomic mass is 32.2. The molecule has 0 aromatic heterocycles. The van der Waals surface area contributed by atoms with Crippen molar-refractivity contribution in [1.29, 1.82) is 0 Å². The monoisotopic (exact) mass is 157 g/mol. The van der Waals surface area contributed by atoms with Crippen LogP contribution >= 0.6 is 0 Å². The van der Waals surface area contributed by atoms with E-state index in [1.165, 1.54) is 0 Å². The highest BCUT2D eigenvalue weighted by Gasteiger charge is 1.81. The minimum atomic E-state index is -3.67. The van der Waals surface area contributed by atoms with Crippen molar-refractivity contribution in [1.82, 2.24) is 0 Å². The fourth-order valence-corrected chi connectivity index (χ4v) is 0. The van der Waals surface area contributed by atoms with Gasteiger partial charge in [0.2, 0.25) is 0 Å². The summed E-state index contributed by atoms with van der Waals surface area (Å²) in [6, 6.07) is 0. The van der Waals surface area contributed by atoms with Crippen molar-refractivity contribution in [2.24, 2.45) is 5.90 Å². The van der Waals surface area contributed by atoms with Crippen LogP contribution in [0.15, 0.2) is 0 Å². The van der Waals surface area contributed by atoms with Crippen LogP contribution in [0, 0.1) is 0 Å². The highest BCUT2D eigenvalue weighted by molar-refractivity contribution is 7.85. The van der Waals surface area contributed by atoms with Crippen LogP contribution < -0.4 is 5.90 Å². The molecular formula is C3H11NO4S. The normalized spacial score (nSPS) is 9.78. The van der Waals surface area contributed by atoms with Gasteiger partial charge in [-0.1, -0.05) is 0 Å². The van der Waals surface area contributed by atoms with Crippen molar-refractivity contribution in [3.8, 4) is 0 Å². The summed E-state index contributed by atoms with van der Waals surface area (Å²) < 4.78 is 25.9. The number of rotatable bonds is 1. The van der Waals surface area contributed by atoms with E-state index in [2.05, 4.69) is 10.7 Å². The van der Waals surface area contributed by atoms with Crippen LogP contribution in [0.1, 0.15) is 6.92 Å². The Morgan fingerprint density at radius 2 is 1.78 bits per heavy atom. The standard InChI is InChI=1S/C2H7NO.CH4O3S/c1-2-4-3;1-5(2,3)4/h2-3H2,1H3;1H3,(H,2,3,4). The van der Waals surface area contributed by atoms with Crippen LogP contribution in [-0.2, 0) is 15.0 Å². The molecule has 0 aromatic rings. The van der Waals surface area contributed by atoms with Gasteiger partial charge in [-0.3, -0.25) is 4.55 Å². The van der Waals surface area contributed by atoms with E-state index >= 15 is 0 Å². The summed E-state index contributed by atoms with van der Waals surface area (Å²) in [7, 11) is -3.67. The molecule has 0 atom stereocenters. The van der Waals surface area contributed by atoms with Gasteiger partial charge in [0.25, 0.3) is 10.1 Å². The van der Waals surface area contributed by atoms with Gasteiger partial charge in [-0.2, -0.15) is 8.42 Å². The van der Waals surface area contributed by atoms with Crippen LogP contribution in [0.3, 0.4) is 0 Å². The third-order valence-electron chi connectivity index (χ3n) is 0.167. The molecule has 5 nitrogen and oxygen atoms in total. The second-order valence-electron chi connectivity index (χ2n) is 1.19. The average molecular weight is 157 g/mol. The van der Waals surface area contributed by atoms with E-state index in [0.717, 1.165) is 0 Å². The summed E-state index contributed by atoms with van der Waals surface area (Å²) in [5, 5.41) is 0. The third-order valence-corrected chi connectivity index (χ3v) is 0.167. The van der Waals surface area contributed by atoms with Gasteiger partial charge >= 0.3 is 0 Å². The van der Waals surface area contributed by atoms with Gasteiger partial charge in [0.15, 0.2) is 0 Å². The quantitative estimate of drug-likeness (QED) is 0.392. The van der Waals surface area contributed by atoms with Crippen LogP contribution in [0.5, 0.6) is 0 Å². The van der Waals surface area contributed by atoms with Crippen molar-refractivity contribution >= 4 is 10.1 Å². The molecule has 0 saturated heterocycles.